The molecule has 1 N–H and O–H groups in total. The molecule has 0 saturated heterocycles. The predicted octanol–water partition coefficient (Wildman–Crippen LogP) is 2.89. The van der Waals surface area contributed by atoms with E-state index in [-0.39, 0.29) is 11.5 Å². The van der Waals surface area contributed by atoms with E-state index in [0.29, 0.717) is 0 Å². The van der Waals surface area contributed by atoms with Gasteiger partial charge in [0.1, 0.15) is 0 Å². The summed E-state index contributed by atoms with van der Waals surface area (Å²) in [4.78, 5) is 0. The van der Waals surface area contributed by atoms with Crippen molar-refractivity contribution in [1.82, 2.24) is 0 Å². The molecule has 0 spiro atoms. The molecule has 0 radical (unpaired) electrons. The monoisotopic (exact) mass is 202 g/mol. The van der Waals surface area contributed by atoms with E-state index in [4.69, 9.17) is 0 Å². The molecule has 1 nitrogen and oxygen atoms in total. The molecule has 0 fully saturated rings. The average molecular weight is 202 g/mol. The number of fused-ring (bicyclic) bond motifs is 2. The quantitative estimate of drug-likeness (QED) is 0.686. The molecule has 1 atom stereocenters. The molecule has 0 unspecified atom stereocenters. The van der Waals surface area contributed by atoms with Crippen LogP contribution in [0.3, 0.4) is 0 Å². The normalized spacial score (nSPS) is 26.5. The van der Waals surface area contributed by atoms with E-state index >= 15 is 0 Å². The lowest BCUT2D eigenvalue weighted by molar-refractivity contribution is 0.161. The third-order valence-corrected chi connectivity index (χ3v) is 4.06. The van der Waals surface area contributed by atoms with Gasteiger partial charge in [0.2, 0.25) is 0 Å². The lowest BCUT2D eigenvalue weighted by Crippen LogP contribution is -2.12. The number of aryl methyl sites for hydroxylation is 2. The minimum atomic E-state index is -0.235. The molecule has 3 rings (SSSR count). The van der Waals surface area contributed by atoms with E-state index in [2.05, 4.69) is 26.0 Å². The highest BCUT2D eigenvalue weighted by Gasteiger charge is 2.36. The fraction of sp³-hybridized carbons (Fsp3) is 0.571. The van der Waals surface area contributed by atoms with Gasteiger partial charge in [-0.3, -0.25) is 0 Å². The Morgan fingerprint density at radius 1 is 1.20 bits per heavy atom. The van der Waals surface area contributed by atoms with Gasteiger partial charge in [0.15, 0.2) is 0 Å². The van der Waals surface area contributed by atoms with Crippen LogP contribution in [0.5, 0.6) is 0 Å². The van der Waals surface area contributed by atoms with Crippen molar-refractivity contribution < 1.29 is 5.11 Å². The van der Waals surface area contributed by atoms with Crippen LogP contribution in [0.2, 0.25) is 0 Å². The Bertz CT molecular complexity index is 418. The van der Waals surface area contributed by atoms with Crippen LogP contribution in [0.1, 0.15) is 55.0 Å². The summed E-state index contributed by atoms with van der Waals surface area (Å²) in [5.74, 6) is 0. The highest BCUT2D eigenvalue weighted by Crippen LogP contribution is 2.46. The number of aliphatic hydroxyl groups is 1. The Kier molecular flexibility index (Phi) is 1.79. The number of benzene rings is 1. The van der Waals surface area contributed by atoms with E-state index < -0.39 is 0 Å². The van der Waals surface area contributed by atoms with Gasteiger partial charge in [0.05, 0.1) is 6.10 Å². The van der Waals surface area contributed by atoms with Crippen LogP contribution in [-0.2, 0) is 18.3 Å². The fourth-order valence-corrected chi connectivity index (χ4v) is 3.21. The van der Waals surface area contributed by atoms with Gasteiger partial charge in [0, 0.05) is 0 Å². The molecule has 2 aliphatic rings. The summed E-state index contributed by atoms with van der Waals surface area (Å²) in [6, 6.07) is 4.62. The van der Waals surface area contributed by atoms with Crippen molar-refractivity contribution in [3.05, 3.63) is 34.4 Å². The zero-order valence-corrected chi connectivity index (χ0v) is 9.51. The van der Waals surface area contributed by atoms with Crippen LogP contribution in [0, 0.1) is 0 Å². The second kappa shape index (κ2) is 2.85. The topological polar surface area (TPSA) is 20.2 Å². The number of hydrogen-bond acceptors (Lipinski definition) is 1. The summed E-state index contributed by atoms with van der Waals surface area (Å²) >= 11 is 0. The molecule has 0 aliphatic heterocycles. The van der Waals surface area contributed by atoms with E-state index in [1.54, 1.807) is 0 Å². The van der Waals surface area contributed by atoms with Crippen molar-refractivity contribution in [3.8, 4) is 0 Å². The van der Waals surface area contributed by atoms with E-state index in [1.807, 2.05) is 0 Å². The number of rotatable bonds is 0. The lowest BCUT2D eigenvalue weighted by Gasteiger charge is -2.19. The Balaban J connectivity index is 2.20. The molecule has 0 saturated carbocycles. The Labute approximate surface area is 91.1 Å². The molecule has 0 aromatic heterocycles. The average Bonchev–Trinajstić information content (AvgIpc) is 2.68. The van der Waals surface area contributed by atoms with Gasteiger partial charge in [-0.05, 0) is 53.4 Å². The highest BCUT2D eigenvalue weighted by atomic mass is 16.3. The van der Waals surface area contributed by atoms with Gasteiger partial charge in [0.25, 0.3) is 0 Å². The van der Waals surface area contributed by atoms with Gasteiger partial charge >= 0.3 is 0 Å². The van der Waals surface area contributed by atoms with Crippen molar-refractivity contribution in [2.24, 2.45) is 0 Å². The van der Waals surface area contributed by atoms with Crippen molar-refractivity contribution in [2.45, 2.75) is 51.0 Å². The van der Waals surface area contributed by atoms with Gasteiger partial charge < -0.3 is 5.11 Å². The summed E-state index contributed by atoms with van der Waals surface area (Å²) in [5, 5.41) is 10.0. The highest BCUT2D eigenvalue weighted by molar-refractivity contribution is 5.48. The minimum absolute atomic E-state index is 0.159. The Hall–Kier alpha value is -0.820. The molecule has 1 heteroatoms. The standard InChI is InChI=1S/C14H18O/c1-14(2)8-13(15)11-6-9-4-3-5-10(9)7-12(11)14/h6-7,13,15H,3-5,8H2,1-2H3/t13-/m1/s1. The first kappa shape index (κ1) is 9.41. The largest absolute Gasteiger partial charge is 0.388 e. The first-order valence-corrected chi connectivity index (χ1v) is 5.92. The van der Waals surface area contributed by atoms with Crippen LogP contribution in [0.15, 0.2) is 12.1 Å². The van der Waals surface area contributed by atoms with Gasteiger partial charge in [-0.15, -0.1) is 0 Å². The van der Waals surface area contributed by atoms with Gasteiger partial charge in [-0.25, -0.2) is 0 Å². The second-order valence-electron chi connectivity index (χ2n) is 5.67. The maximum Gasteiger partial charge on any atom is 0.0801 e. The second-order valence-corrected chi connectivity index (χ2v) is 5.67. The number of hydrogen-bond donors (Lipinski definition) is 1. The van der Waals surface area contributed by atoms with Gasteiger partial charge in [-0.1, -0.05) is 26.0 Å². The third-order valence-electron chi connectivity index (χ3n) is 4.06. The smallest absolute Gasteiger partial charge is 0.0801 e. The molecule has 1 aromatic carbocycles. The lowest BCUT2D eigenvalue weighted by atomic mass is 9.85. The first-order chi connectivity index (χ1) is 7.08. The van der Waals surface area contributed by atoms with E-state index in [9.17, 15) is 5.11 Å². The van der Waals surface area contributed by atoms with Crippen molar-refractivity contribution in [3.63, 3.8) is 0 Å². The van der Waals surface area contributed by atoms with E-state index in [0.717, 1.165) is 6.42 Å². The van der Waals surface area contributed by atoms with Crippen molar-refractivity contribution in [2.75, 3.05) is 0 Å². The predicted molar refractivity (Wildman–Crippen MR) is 61.1 cm³/mol. The van der Waals surface area contributed by atoms with Crippen LogP contribution in [0.4, 0.5) is 0 Å². The summed E-state index contributed by atoms with van der Waals surface area (Å²) in [6.45, 7) is 4.48. The summed E-state index contributed by atoms with van der Waals surface area (Å²) in [5.41, 5.74) is 5.74. The van der Waals surface area contributed by atoms with E-state index in [1.165, 1.54) is 41.5 Å². The molecule has 80 valence electrons. The van der Waals surface area contributed by atoms with Crippen LogP contribution < -0.4 is 0 Å². The maximum atomic E-state index is 10.0. The Morgan fingerprint density at radius 2 is 1.87 bits per heavy atom. The maximum absolute atomic E-state index is 10.0. The molecule has 0 amide bonds. The SMILES string of the molecule is CC1(C)C[C@@H](O)c2cc3c(cc21)CCC3. The van der Waals surface area contributed by atoms with Crippen molar-refractivity contribution >= 4 is 0 Å². The number of aliphatic hydroxyl groups excluding tert-OH is 1. The van der Waals surface area contributed by atoms with Crippen molar-refractivity contribution in [1.29, 1.82) is 0 Å². The molecule has 1 aromatic rings. The summed E-state index contributed by atoms with van der Waals surface area (Å²) < 4.78 is 0. The molecule has 2 aliphatic carbocycles. The van der Waals surface area contributed by atoms with Crippen LogP contribution in [-0.4, -0.2) is 5.11 Å². The Morgan fingerprint density at radius 3 is 2.60 bits per heavy atom. The molecule has 0 bridgehead atoms. The molecular weight excluding hydrogens is 184 g/mol. The summed E-state index contributed by atoms with van der Waals surface area (Å²) in [6.07, 6.45) is 4.37. The first-order valence-electron chi connectivity index (χ1n) is 5.92. The molecular formula is C14H18O. The third kappa shape index (κ3) is 1.26. The minimum Gasteiger partial charge on any atom is -0.388 e. The summed E-state index contributed by atoms with van der Waals surface area (Å²) in [7, 11) is 0. The van der Waals surface area contributed by atoms with Crippen LogP contribution in [0.25, 0.3) is 0 Å². The fourth-order valence-electron chi connectivity index (χ4n) is 3.21. The van der Waals surface area contributed by atoms with Gasteiger partial charge in [-0.2, -0.15) is 0 Å². The molecule has 0 heterocycles. The molecule has 15 heavy (non-hydrogen) atoms. The van der Waals surface area contributed by atoms with Crippen LogP contribution >= 0.6 is 0 Å². The zero-order valence-electron chi connectivity index (χ0n) is 9.51. The zero-order chi connectivity index (χ0) is 10.6.